The summed E-state index contributed by atoms with van der Waals surface area (Å²) in [5, 5.41) is 4.13. The molecule has 0 radical (unpaired) electrons. The molecule has 2 heterocycles. The highest BCUT2D eigenvalue weighted by Gasteiger charge is 2.33. The first-order valence-electron chi connectivity index (χ1n) is 6.18. The lowest BCUT2D eigenvalue weighted by Gasteiger charge is -2.32. The van der Waals surface area contributed by atoms with Gasteiger partial charge in [-0.3, -0.25) is 9.48 Å². The third-order valence-corrected chi connectivity index (χ3v) is 5.04. The van der Waals surface area contributed by atoms with Gasteiger partial charge >= 0.3 is 0 Å². The Balaban J connectivity index is 2.22. The van der Waals surface area contributed by atoms with E-state index >= 15 is 0 Å². The Morgan fingerprint density at radius 3 is 2.79 bits per heavy atom. The fraction of sp³-hybridized carbons (Fsp3) is 0.636. The van der Waals surface area contributed by atoms with Crippen LogP contribution in [0.2, 0.25) is 0 Å². The van der Waals surface area contributed by atoms with Crippen LogP contribution in [0.4, 0.5) is 5.69 Å². The van der Waals surface area contributed by atoms with Crippen LogP contribution >= 0.6 is 0 Å². The fourth-order valence-electron chi connectivity index (χ4n) is 2.20. The Kier molecular flexibility index (Phi) is 3.53. The number of hydrogen-bond donors (Lipinski definition) is 1. The van der Waals surface area contributed by atoms with E-state index in [-0.39, 0.29) is 35.7 Å². The topological polar surface area (TPSA) is 98.3 Å². The van der Waals surface area contributed by atoms with E-state index in [0.29, 0.717) is 12.2 Å². The predicted molar refractivity (Wildman–Crippen MR) is 71.5 cm³/mol. The molecular weight excluding hydrogens is 268 g/mol. The first-order chi connectivity index (χ1) is 8.84. The van der Waals surface area contributed by atoms with Crippen molar-refractivity contribution in [3.05, 3.63) is 11.9 Å². The molecule has 106 valence electrons. The minimum Gasteiger partial charge on any atom is -0.396 e. The van der Waals surface area contributed by atoms with Crippen molar-refractivity contribution < 1.29 is 13.2 Å². The fourth-order valence-corrected chi connectivity index (χ4v) is 3.76. The van der Waals surface area contributed by atoms with Gasteiger partial charge in [0, 0.05) is 25.3 Å². The maximum Gasteiger partial charge on any atom is 0.276 e. The SMILES string of the molecule is CCn1cc(N)c(C(=O)N2CCS(=O)(=O)CC2C)n1. The summed E-state index contributed by atoms with van der Waals surface area (Å²) in [5.41, 5.74) is 6.30. The number of nitrogen functional groups attached to an aromatic ring is 1. The van der Waals surface area contributed by atoms with Crippen LogP contribution in [0.3, 0.4) is 0 Å². The molecule has 1 aliphatic heterocycles. The highest BCUT2D eigenvalue weighted by molar-refractivity contribution is 7.91. The van der Waals surface area contributed by atoms with E-state index in [4.69, 9.17) is 5.73 Å². The summed E-state index contributed by atoms with van der Waals surface area (Å²) < 4.78 is 24.6. The molecule has 1 aliphatic rings. The number of amides is 1. The van der Waals surface area contributed by atoms with E-state index in [1.54, 1.807) is 17.8 Å². The zero-order valence-corrected chi connectivity index (χ0v) is 11.9. The van der Waals surface area contributed by atoms with E-state index in [1.165, 1.54) is 4.90 Å². The minimum absolute atomic E-state index is 0.00251. The number of carbonyl (C=O) groups excluding carboxylic acids is 1. The van der Waals surface area contributed by atoms with Crippen molar-refractivity contribution in [2.75, 3.05) is 23.8 Å². The van der Waals surface area contributed by atoms with Gasteiger partial charge in [-0.1, -0.05) is 0 Å². The molecule has 1 aromatic heterocycles. The first-order valence-corrected chi connectivity index (χ1v) is 8.00. The molecule has 2 rings (SSSR count). The van der Waals surface area contributed by atoms with Crippen molar-refractivity contribution in [2.24, 2.45) is 0 Å². The summed E-state index contributed by atoms with van der Waals surface area (Å²) in [6.45, 7) is 4.45. The first kappa shape index (κ1) is 13.9. The Labute approximate surface area is 112 Å². The molecule has 7 nitrogen and oxygen atoms in total. The molecular formula is C11H18N4O3S. The Hall–Kier alpha value is -1.57. The molecule has 19 heavy (non-hydrogen) atoms. The van der Waals surface area contributed by atoms with Crippen LogP contribution < -0.4 is 5.73 Å². The second-order valence-electron chi connectivity index (χ2n) is 4.75. The molecule has 0 spiro atoms. The molecule has 1 unspecified atom stereocenters. The number of aromatic nitrogens is 2. The predicted octanol–water partition coefficient (Wildman–Crippen LogP) is -0.256. The minimum atomic E-state index is -3.04. The Morgan fingerprint density at radius 2 is 2.26 bits per heavy atom. The van der Waals surface area contributed by atoms with Crippen molar-refractivity contribution in [1.29, 1.82) is 0 Å². The van der Waals surface area contributed by atoms with Gasteiger partial charge in [0.1, 0.15) is 0 Å². The number of carbonyl (C=O) groups is 1. The number of nitrogens with zero attached hydrogens (tertiary/aromatic N) is 3. The maximum atomic E-state index is 12.3. The van der Waals surface area contributed by atoms with Crippen LogP contribution in [-0.4, -0.2) is 53.1 Å². The lowest BCUT2D eigenvalue weighted by atomic mass is 10.2. The molecule has 0 aromatic carbocycles. The lowest BCUT2D eigenvalue weighted by molar-refractivity contribution is 0.0706. The van der Waals surface area contributed by atoms with Gasteiger partial charge in [-0.05, 0) is 13.8 Å². The second kappa shape index (κ2) is 4.84. The van der Waals surface area contributed by atoms with Gasteiger partial charge in [0.2, 0.25) is 0 Å². The third-order valence-electron chi connectivity index (χ3n) is 3.25. The zero-order valence-electron chi connectivity index (χ0n) is 11.0. The van der Waals surface area contributed by atoms with Crippen LogP contribution in [0.1, 0.15) is 24.3 Å². The van der Waals surface area contributed by atoms with Gasteiger partial charge < -0.3 is 10.6 Å². The number of rotatable bonds is 2. The standard InChI is InChI=1S/C11H18N4O3S/c1-3-14-6-9(12)10(13-14)11(16)15-4-5-19(17,18)7-8(15)2/h6,8H,3-5,7,12H2,1-2H3. The number of hydrogen-bond acceptors (Lipinski definition) is 5. The largest absolute Gasteiger partial charge is 0.396 e. The van der Waals surface area contributed by atoms with E-state index in [9.17, 15) is 13.2 Å². The molecule has 0 saturated carbocycles. The normalized spacial score (nSPS) is 22.4. The lowest BCUT2D eigenvalue weighted by Crippen LogP contribution is -2.50. The zero-order chi connectivity index (χ0) is 14.2. The molecule has 8 heteroatoms. The third kappa shape index (κ3) is 2.73. The van der Waals surface area contributed by atoms with Crippen LogP contribution in [0.25, 0.3) is 0 Å². The smallest absolute Gasteiger partial charge is 0.276 e. The highest BCUT2D eigenvalue weighted by atomic mass is 32.2. The van der Waals surface area contributed by atoms with Crippen LogP contribution in [0, 0.1) is 0 Å². The van der Waals surface area contributed by atoms with Crippen molar-refractivity contribution in [1.82, 2.24) is 14.7 Å². The Morgan fingerprint density at radius 1 is 1.58 bits per heavy atom. The summed E-state index contributed by atoms with van der Waals surface area (Å²) in [5.74, 6) is -0.308. The number of nitrogens with two attached hydrogens (primary N) is 1. The summed E-state index contributed by atoms with van der Waals surface area (Å²) in [4.78, 5) is 13.9. The van der Waals surface area contributed by atoms with E-state index in [0.717, 1.165) is 0 Å². The molecule has 1 amide bonds. The van der Waals surface area contributed by atoms with Crippen LogP contribution in [0.15, 0.2) is 6.20 Å². The van der Waals surface area contributed by atoms with E-state index < -0.39 is 9.84 Å². The molecule has 0 bridgehead atoms. The molecule has 2 N–H and O–H groups in total. The maximum absolute atomic E-state index is 12.3. The molecule has 1 aromatic rings. The van der Waals surface area contributed by atoms with Crippen molar-refractivity contribution in [3.8, 4) is 0 Å². The summed E-state index contributed by atoms with van der Waals surface area (Å²) in [7, 11) is -3.04. The second-order valence-corrected chi connectivity index (χ2v) is 6.98. The van der Waals surface area contributed by atoms with Gasteiger partial charge in [0.25, 0.3) is 5.91 Å². The monoisotopic (exact) mass is 286 g/mol. The molecule has 1 saturated heterocycles. The van der Waals surface area contributed by atoms with Crippen LogP contribution in [-0.2, 0) is 16.4 Å². The quantitative estimate of drug-likeness (QED) is 0.808. The number of aryl methyl sites for hydroxylation is 1. The summed E-state index contributed by atoms with van der Waals surface area (Å²) in [6.07, 6.45) is 1.61. The summed E-state index contributed by atoms with van der Waals surface area (Å²) in [6, 6.07) is -0.350. The number of anilines is 1. The van der Waals surface area contributed by atoms with Crippen molar-refractivity contribution in [3.63, 3.8) is 0 Å². The van der Waals surface area contributed by atoms with Gasteiger partial charge in [-0.25, -0.2) is 8.42 Å². The number of sulfone groups is 1. The highest BCUT2D eigenvalue weighted by Crippen LogP contribution is 2.18. The van der Waals surface area contributed by atoms with Crippen molar-refractivity contribution in [2.45, 2.75) is 26.4 Å². The average Bonchev–Trinajstić information content (AvgIpc) is 2.68. The van der Waals surface area contributed by atoms with E-state index in [1.807, 2.05) is 6.92 Å². The molecule has 1 atom stereocenters. The Bertz CT molecular complexity index is 593. The molecule has 0 aliphatic carbocycles. The van der Waals surface area contributed by atoms with Gasteiger partial charge in [-0.15, -0.1) is 0 Å². The van der Waals surface area contributed by atoms with E-state index in [2.05, 4.69) is 5.10 Å². The van der Waals surface area contributed by atoms with Crippen LogP contribution in [0.5, 0.6) is 0 Å². The van der Waals surface area contributed by atoms with Gasteiger partial charge in [0.05, 0.1) is 17.2 Å². The van der Waals surface area contributed by atoms with Gasteiger partial charge in [-0.2, -0.15) is 5.10 Å². The van der Waals surface area contributed by atoms with Crippen molar-refractivity contribution >= 4 is 21.4 Å². The molecule has 1 fully saturated rings. The average molecular weight is 286 g/mol. The van der Waals surface area contributed by atoms with Gasteiger partial charge in [0.15, 0.2) is 15.5 Å². The summed E-state index contributed by atoms with van der Waals surface area (Å²) >= 11 is 0.